The van der Waals surface area contributed by atoms with Gasteiger partial charge in [0, 0.05) is 18.1 Å². The van der Waals surface area contributed by atoms with Gasteiger partial charge in [0.1, 0.15) is 28.5 Å². The van der Waals surface area contributed by atoms with Crippen molar-refractivity contribution in [1.82, 2.24) is 15.1 Å². The van der Waals surface area contributed by atoms with Gasteiger partial charge >= 0.3 is 0 Å². The molecule has 1 aromatic carbocycles. The zero-order valence-corrected chi connectivity index (χ0v) is 18.4. The molecule has 0 N–H and O–H groups in total. The highest BCUT2D eigenvalue weighted by atomic mass is 32.2. The summed E-state index contributed by atoms with van der Waals surface area (Å²) in [5, 5.41) is 3.91. The minimum absolute atomic E-state index is 0.106. The quantitative estimate of drug-likeness (QED) is 0.354. The molecule has 0 radical (unpaired) electrons. The van der Waals surface area contributed by atoms with Crippen molar-refractivity contribution in [2.75, 3.05) is 6.61 Å². The third-order valence-electron chi connectivity index (χ3n) is 4.08. The Kier molecular flexibility index (Phi) is 7.52. The Morgan fingerprint density at radius 3 is 2.59 bits per heavy atom. The lowest BCUT2D eigenvalue weighted by molar-refractivity contribution is 0.0815. The van der Waals surface area contributed by atoms with Gasteiger partial charge < -0.3 is 13.8 Å². The predicted octanol–water partition coefficient (Wildman–Crippen LogP) is 4.66. The molecule has 0 saturated heterocycles. The molecule has 0 saturated carbocycles. The van der Waals surface area contributed by atoms with Crippen LogP contribution in [0.15, 0.2) is 45.6 Å². The highest BCUT2D eigenvalue weighted by Crippen LogP contribution is 2.26. The second-order valence-corrected chi connectivity index (χ2v) is 9.61. The number of rotatable bonds is 8. The van der Waals surface area contributed by atoms with Crippen LogP contribution >= 0.6 is 0 Å². The third kappa shape index (κ3) is 6.30. The van der Waals surface area contributed by atoms with Crippen LogP contribution in [0.25, 0.3) is 22.8 Å². The number of benzene rings is 1. The lowest BCUT2D eigenvalue weighted by Gasteiger charge is -2.17. The fourth-order valence-corrected chi connectivity index (χ4v) is 2.97. The molecule has 0 unspecified atom stereocenters. The van der Waals surface area contributed by atoms with Crippen molar-refractivity contribution in [3.8, 4) is 28.6 Å². The highest BCUT2D eigenvalue weighted by molar-refractivity contribution is 7.91. The van der Waals surface area contributed by atoms with Crippen molar-refractivity contribution < 1.29 is 27.0 Å². The van der Waals surface area contributed by atoms with Crippen molar-refractivity contribution in [3.05, 3.63) is 48.0 Å². The van der Waals surface area contributed by atoms with E-state index in [4.69, 9.17) is 9.26 Å². The fourth-order valence-electron chi connectivity index (χ4n) is 2.44. The average molecular weight is 466 g/mol. The van der Waals surface area contributed by atoms with E-state index in [0.717, 1.165) is 0 Å². The number of alkyl halides is 2. The molecular weight excluding hydrogens is 445 g/mol. The summed E-state index contributed by atoms with van der Waals surface area (Å²) in [5.41, 5.74) is 1.24. The first kappa shape index (κ1) is 23.7. The molecule has 170 valence electrons. The molecule has 1 atom stereocenters. The number of aromatic nitrogens is 3. The SMILES string of the molecule is CC(C)(C)[S@@+]([O-])N=CCc1cc(-c2cc(-c3ncc(OCC(F)F)cn3)no2)ccc1F. The Balaban J connectivity index is 1.73. The van der Waals surface area contributed by atoms with Gasteiger partial charge in [-0.3, -0.25) is 0 Å². The average Bonchev–Trinajstić information content (AvgIpc) is 3.23. The molecule has 7 nitrogen and oxygen atoms in total. The standard InChI is InChI=1S/C21H21F3N4O3S/c1-21(2,3)32(29)27-7-6-13-8-14(4-5-16(13)22)18-9-17(28-31-18)20-25-10-15(11-26-20)30-12-19(23)24/h4-5,7-11,19H,6,12H2,1-3H3/t32-/m1/s1. The summed E-state index contributed by atoms with van der Waals surface area (Å²) in [4.78, 5) is 8.07. The highest BCUT2D eigenvalue weighted by Gasteiger charge is 2.25. The molecule has 0 aliphatic carbocycles. The predicted molar refractivity (Wildman–Crippen MR) is 115 cm³/mol. The summed E-state index contributed by atoms with van der Waals surface area (Å²) in [7, 11) is 0. The molecule has 32 heavy (non-hydrogen) atoms. The Labute approximate surface area is 186 Å². The van der Waals surface area contributed by atoms with Crippen LogP contribution in [0.1, 0.15) is 26.3 Å². The van der Waals surface area contributed by atoms with E-state index in [2.05, 4.69) is 19.5 Å². The lowest BCUT2D eigenvalue weighted by Crippen LogP contribution is -2.25. The van der Waals surface area contributed by atoms with Crippen LogP contribution in [0.2, 0.25) is 0 Å². The first-order chi connectivity index (χ1) is 15.1. The van der Waals surface area contributed by atoms with Crippen LogP contribution in [0.3, 0.4) is 0 Å². The number of ether oxygens (including phenoxy) is 1. The monoisotopic (exact) mass is 466 g/mol. The van der Waals surface area contributed by atoms with Gasteiger partial charge in [-0.2, -0.15) is 0 Å². The third-order valence-corrected chi connectivity index (χ3v) is 5.47. The molecule has 0 aliphatic rings. The van der Waals surface area contributed by atoms with E-state index in [1.54, 1.807) is 32.9 Å². The maximum atomic E-state index is 14.2. The molecule has 0 amide bonds. The lowest BCUT2D eigenvalue weighted by atomic mass is 10.1. The summed E-state index contributed by atoms with van der Waals surface area (Å²) in [6.45, 7) is 4.66. The largest absolute Gasteiger partial charge is 0.591 e. The van der Waals surface area contributed by atoms with E-state index in [9.17, 15) is 17.7 Å². The van der Waals surface area contributed by atoms with Gasteiger partial charge in [-0.1, -0.05) is 9.55 Å². The van der Waals surface area contributed by atoms with E-state index in [-0.39, 0.29) is 18.0 Å². The zero-order valence-electron chi connectivity index (χ0n) is 17.6. The van der Waals surface area contributed by atoms with Crippen LogP contribution in [0.5, 0.6) is 5.75 Å². The van der Waals surface area contributed by atoms with E-state index in [0.29, 0.717) is 22.6 Å². The molecule has 0 aliphatic heterocycles. The summed E-state index contributed by atoms with van der Waals surface area (Å²) in [5.74, 6) is 0.251. The molecule has 3 aromatic rings. The van der Waals surface area contributed by atoms with Crippen LogP contribution < -0.4 is 4.74 Å². The second kappa shape index (κ2) is 10.1. The van der Waals surface area contributed by atoms with Gasteiger partial charge in [-0.05, 0) is 44.5 Å². The second-order valence-electron chi connectivity index (χ2n) is 7.68. The van der Waals surface area contributed by atoms with Crippen molar-refractivity contribution >= 4 is 17.6 Å². The van der Waals surface area contributed by atoms with Crippen molar-refractivity contribution in [3.63, 3.8) is 0 Å². The number of hydrogen-bond donors (Lipinski definition) is 0. The Hall–Kier alpha value is -2.92. The van der Waals surface area contributed by atoms with Crippen molar-refractivity contribution in [2.24, 2.45) is 4.40 Å². The van der Waals surface area contributed by atoms with E-state index < -0.39 is 35.0 Å². The van der Waals surface area contributed by atoms with Crippen LogP contribution in [-0.2, 0) is 17.8 Å². The summed E-state index contributed by atoms with van der Waals surface area (Å²) in [6.07, 6.45) is 1.51. The molecule has 0 bridgehead atoms. The Morgan fingerprint density at radius 2 is 1.94 bits per heavy atom. The van der Waals surface area contributed by atoms with Crippen LogP contribution in [-0.4, -0.2) is 43.7 Å². The molecule has 0 spiro atoms. The molecule has 3 rings (SSSR count). The minimum atomic E-state index is -2.60. The normalized spacial score (nSPS) is 13.1. The number of halogens is 3. The maximum Gasteiger partial charge on any atom is 0.272 e. The van der Waals surface area contributed by atoms with E-state index in [1.807, 2.05) is 0 Å². The van der Waals surface area contributed by atoms with Gasteiger partial charge in [0.25, 0.3) is 6.43 Å². The van der Waals surface area contributed by atoms with Gasteiger partial charge in [0.05, 0.1) is 18.6 Å². The molecule has 0 fully saturated rings. The van der Waals surface area contributed by atoms with Crippen molar-refractivity contribution in [2.45, 2.75) is 38.4 Å². The smallest absolute Gasteiger partial charge is 0.272 e. The first-order valence-electron chi connectivity index (χ1n) is 9.57. The maximum absolute atomic E-state index is 14.2. The van der Waals surface area contributed by atoms with E-state index in [1.165, 1.54) is 30.7 Å². The Bertz CT molecular complexity index is 1070. The molecular formula is C21H21F3N4O3S. The van der Waals surface area contributed by atoms with Gasteiger partial charge in [-0.25, -0.2) is 23.1 Å². The fraction of sp³-hybridized carbons (Fsp3) is 0.333. The topological polar surface area (TPSA) is 96.5 Å². The van der Waals surface area contributed by atoms with Crippen molar-refractivity contribution in [1.29, 1.82) is 0 Å². The van der Waals surface area contributed by atoms with Gasteiger partial charge in [0.2, 0.25) is 0 Å². The molecule has 2 heterocycles. The molecule has 2 aromatic heterocycles. The summed E-state index contributed by atoms with van der Waals surface area (Å²) >= 11 is -1.42. The zero-order chi connectivity index (χ0) is 23.3. The number of hydrogen-bond acceptors (Lipinski definition) is 7. The number of nitrogens with zero attached hydrogens (tertiary/aromatic N) is 4. The summed E-state index contributed by atoms with van der Waals surface area (Å²) < 4.78 is 64.3. The van der Waals surface area contributed by atoms with Gasteiger partial charge in [0.15, 0.2) is 23.0 Å². The van der Waals surface area contributed by atoms with Crippen LogP contribution in [0.4, 0.5) is 13.2 Å². The summed E-state index contributed by atoms with van der Waals surface area (Å²) in [6, 6.07) is 6.01. The minimum Gasteiger partial charge on any atom is -0.591 e. The van der Waals surface area contributed by atoms with Crippen LogP contribution in [0, 0.1) is 5.82 Å². The van der Waals surface area contributed by atoms with Gasteiger partial charge in [-0.15, -0.1) is 0 Å². The van der Waals surface area contributed by atoms with E-state index >= 15 is 0 Å². The first-order valence-corrected chi connectivity index (χ1v) is 10.7. The molecule has 11 heteroatoms. The Morgan fingerprint density at radius 1 is 1.22 bits per heavy atom.